The summed E-state index contributed by atoms with van der Waals surface area (Å²) < 4.78 is 0. The van der Waals surface area contributed by atoms with Gasteiger partial charge in [0.2, 0.25) is 0 Å². The van der Waals surface area contributed by atoms with E-state index in [4.69, 9.17) is 0 Å². The second kappa shape index (κ2) is 9.71. The molecular weight excluding hydrogens is 420 g/mol. The van der Waals surface area contributed by atoms with Crippen LogP contribution in [0.15, 0.2) is 60.7 Å². The van der Waals surface area contributed by atoms with E-state index in [2.05, 4.69) is 123 Å². The first-order valence-corrected chi connectivity index (χ1v) is 12.9. The number of carbonyl (C=O) groups is 1. The first-order valence-electron chi connectivity index (χ1n) is 12.9. The van der Waals surface area contributed by atoms with E-state index in [-0.39, 0.29) is 18.1 Å². The van der Waals surface area contributed by atoms with Crippen LogP contribution in [0.1, 0.15) is 52.7 Å². The fourth-order valence-corrected chi connectivity index (χ4v) is 6.59. The molecule has 2 heterocycles. The van der Waals surface area contributed by atoms with Crippen LogP contribution in [0.25, 0.3) is 0 Å². The molecule has 184 valence electrons. The van der Waals surface area contributed by atoms with Crippen molar-refractivity contribution < 1.29 is 4.79 Å². The molecule has 2 saturated heterocycles. The largest absolute Gasteiger partial charge is 0.321 e. The molecule has 0 spiro atoms. The number of rotatable bonds is 4. The molecule has 0 aromatic heterocycles. The molecule has 0 radical (unpaired) electrons. The summed E-state index contributed by atoms with van der Waals surface area (Å²) in [6.45, 7) is 16.5. The Bertz CT molecular complexity index is 885. The fraction of sp³-hybridized carbons (Fsp3) is 0.552. The van der Waals surface area contributed by atoms with E-state index < -0.39 is 11.1 Å². The molecule has 0 bridgehead atoms. The number of hydrogen-bond acceptors (Lipinski definition) is 3. The highest BCUT2D eigenvalue weighted by Gasteiger charge is 2.53. The van der Waals surface area contributed by atoms with E-state index in [1.54, 1.807) is 0 Å². The first kappa shape index (κ1) is 24.7. The van der Waals surface area contributed by atoms with Crippen molar-refractivity contribution in [2.45, 2.75) is 64.7 Å². The number of hydrogen-bond donors (Lipinski definition) is 2. The Labute approximate surface area is 205 Å². The van der Waals surface area contributed by atoms with Crippen molar-refractivity contribution in [3.05, 3.63) is 71.8 Å². The minimum absolute atomic E-state index is 0.136. The zero-order chi connectivity index (χ0) is 24.5. The van der Waals surface area contributed by atoms with Gasteiger partial charge in [-0.1, -0.05) is 88.4 Å². The Hall–Kier alpha value is -2.37. The zero-order valence-corrected chi connectivity index (χ0v) is 21.7. The van der Waals surface area contributed by atoms with E-state index in [0.717, 1.165) is 13.1 Å². The summed E-state index contributed by atoms with van der Waals surface area (Å²) in [6.07, 6.45) is 0. The van der Waals surface area contributed by atoms with Crippen molar-refractivity contribution in [2.75, 3.05) is 26.2 Å². The third-order valence-electron chi connectivity index (χ3n) is 8.24. The van der Waals surface area contributed by atoms with Gasteiger partial charge in [0.05, 0.1) is 11.1 Å². The Balaban J connectivity index is 1.81. The van der Waals surface area contributed by atoms with Crippen molar-refractivity contribution >= 4 is 6.03 Å². The number of carbonyl (C=O) groups excluding carboxylic acids is 1. The Morgan fingerprint density at radius 2 is 1.09 bits per heavy atom. The maximum atomic E-state index is 14.7. The summed E-state index contributed by atoms with van der Waals surface area (Å²) in [5.74, 6) is 0.764. The van der Waals surface area contributed by atoms with Crippen LogP contribution < -0.4 is 10.6 Å². The second-order valence-electron chi connectivity index (χ2n) is 11.0. The molecule has 2 N–H and O–H groups in total. The highest BCUT2D eigenvalue weighted by atomic mass is 16.2. The Kier molecular flexibility index (Phi) is 7.07. The fourth-order valence-electron chi connectivity index (χ4n) is 6.59. The molecule has 0 saturated carbocycles. The molecule has 2 aliphatic heterocycles. The van der Waals surface area contributed by atoms with Crippen molar-refractivity contribution in [2.24, 2.45) is 11.8 Å². The van der Waals surface area contributed by atoms with E-state index in [9.17, 15) is 4.79 Å². The Morgan fingerprint density at radius 3 is 1.41 bits per heavy atom. The van der Waals surface area contributed by atoms with E-state index in [1.807, 2.05) is 0 Å². The summed E-state index contributed by atoms with van der Waals surface area (Å²) in [6, 6.07) is 21.6. The number of amides is 2. The van der Waals surface area contributed by atoms with Gasteiger partial charge < -0.3 is 20.4 Å². The van der Waals surface area contributed by atoms with Gasteiger partial charge in [0, 0.05) is 38.3 Å². The maximum Gasteiger partial charge on any atom is 0.321 e. The average Bonchev–Trinajstić information content (AvgIpc) is 2.84. The van der Waals surface area contributed by atoms with Gasteiger partial charge in [-0.15, -0.1) is 0 Å². The lowest BCUT2D eigenvalue weighted by atomic mass is 9.75. The lowest BCUT2D eigenvalue weighted by molar-refractivity contribution is -0.0147. The minimum atomic E-state index is -0.444. The van der Waals surface area contributed by atoms with E-state index in [0.29, 0.717) is 24.9 Å². The predicted molar refractivity (Wildman–Crippen MR) is 140 cm³/mol. The monoisotopic (exact) mass is 462 g/mol. The van der Waals surface area contributed by atoms with Gasteiger partial charge in [0.1, 0.15) is 0 Å². The second-order valence-corrected chi connectivity index (χ2v) is 11.0. The van der Waals surface area contributed by atoms with Gasteiger partial charge >= 0.3 is 6.03 Å². The van der Waals surface area contributed by atoms with Gasteiger partial charge in [0.15, 0.2) is 0 Å². The summed E-state index contributed by atoms with van der Waals surface area (Å²) >= 11 is 0. The molecule has 4 atom stereocenters. The molecule has 5 heteroatoms. The number of nitrogens with zero attached hydrogens (tertiary/aromatic N) is 2. The summed E-state index contributed by atoms with van der Waals surface area (Å²) in [4.78, 5) is 19.0. The molecule has 2 aromatic carbocycles. The topological polar surface area (TPSA) is 47.6 Å². The number of piperazine rings is 2. The van der Waals surface area contributed by atoms with Crippen LogP contribution in [-0.2, 0) is 11.1 Å². The van der Waals surface area contributed by atoms with Gasteiger partial charge in [-0.05, 0) is 36.8 Å². The summed E-state index contributed by atoms with van der Waals surface area (Å²) in [5, 5.41) is 7.50. The van der Waals surface area contributed by atoms with Crippen molar-refractivity contribution in [1.29, 1.82) is 0 Å². The molecule has 2 aromatic rings. The third-order valence-corrected chi connectivity index (χ3v) is 8.24. The quantitative estimate of drug-likeness (QED) is 0.686. The molecular formula is C29H42N4O. The SMILES string of the molecule is CC(C)C1NCCN(C(=O)N2CCNC(C(C)C)C2(C)c2ccccc2)C1(C)c1ccccc1. The van der Waals surface area contributed by atoms with Crippen LogP contribution in [0.4, 0.5) is 4.79 Å². The summed E-state index contributed by atoms with van der Waals surface area (Å²) in [5.41, 5.74) is 1.48. The van der Waals surface area contributed by atoms with Gasteiger partial charge in [-0.25, -0.2) is 4.79 Å². The van der Waals surface area contributed by atoms with Crippen molar-refractivity contribution in [3.63, 3.8) is 0 Å². The van der Waals surface area contributed by atoms with Gasteiger partial charge in [-0.3, -0.25) is 0 Å². The summed E-state index contributed by atoms with van der Waals surface area (Å²) in [7, 11) is 0. The third kappa shape index (κ3) is 4.03. The standard InChI is InChI=1S/C29H42N4O/c1-21(2)25-28(5,23-13-9-7-10-14-23)32(19-17-30-25)27(34)33-20-18-31-26(22(3)4)29(33,6)24-15-11-8-12-16-24/h7-16,21-22,25-26,30-31H,17-20H2,1-6H3. The highest BCUT2D eigenvalue weighted by molar-refractivity contribution is 5.77. The lowest BCUT2D eigenvalue weighted by Gasteiger charge is -2.58. The van der Waals surface area contributed by atoms with Crippen LogP contribution in [-0.4, -0.2) is 54.1 Å². The van der Waals surface area contributed by atoms with Crippen molar-refractivity contribution in [1.82, 2.24) is 20.4 Å². The highest BCUT2D eigenvalue weighted by Crippen LogP contribution is 2.42. The van der Waals surface area contributed by atoms with Crippen LogP contribution in [0, 0.1) is 11.8 Å². The molecule has 2 aliphatic rings. The average molecular weight is 463 g/mol. The molecule has 0 aliphatic carbocycles. The lowest BCUT2D eigenvalue weighted by Crippen LogP contribution is -2.73. The molecule has 34 heavy (non-hydrogen) atoms. The number of benzene rings is 2. The molecule has 4 rings (SSSR count). The first-order chi connectivity index (χ1) is 16.2. The molecule has 4 unspecified atom stereocenters. The van der Waals surface area contributed by atoms with Crippen LogP contribution in [0.3, 0.4) is 0 Å². The van der Waals surface area contributed by atoms with Gasteiger partial charge in [0.25, 0.3) is 0 Å². The molecule has 2 fully saturated rings. The smallest absolute Gasteiger partial charge is 0.312 e. The predicted octanol–water partition coefficient (Wildman–Crippen LogP) is 4.80. The van der Waals surface area contributed by atoms with Gasteiger partial charge in [-0.2, -0.15) is 0 Å². The zero-order valence-electron chi connectivity index (χ0n) is 21.7. The van der Waals surface area contributed by atoms with Crippen LogP contribution in [0.2, 0.25) is 0 Å². The molecule has 5 nitrogen and oxygen atoms in total. The minimum Gasteiger partial charge on any atom is -0.312 e. The van der Waals surface area contributed by atoms with Crippen LogP contribution in [0.5, 0.6) is 0 Å². The van der Waals surface area contributed by atoms with E-state index in [1.165, 1.54) is 11.1 Å². The normalized spacial score (nSPS) is 30.1. The molecule has 2 amide bonds. The maximum absolute atomic E-state index is 14.7. The number of nitrogens with one attached hydrogen (secondary N) is 2. The van der Waals surface area contributed by atoms with Crippen LogP contribution >= 0.6 is 0 Å². The van der Waals surface area contributed by atoms with Crippen molar-refractivity contribution in [3.8, 4) is 0 Å². The van der Waals surface area contributed by atoms with E-state index >= 15 is 0 Å². The Morgan fingerprint density at radius 1 is 0.735 bits per heavy atom. The number of urea groups is 1.